The van der Waals surface area contributed by atoms with Gasteiger partial charge in [0.2, 0.25) is 0 Å². The van der Waals surface area contributed by atoms with Crippen LogP contribution in [-0.4, -0.2) is 29.7 Å². The van der Waals surface area contributed by atoms with Crippen molar-refractivity contribution in [3.05, 3.63) is 23.8 Å². The second kappa shape index (κ2) is 4.71. The minimum Gasteiger partial charge on any atom is -0.508 e. The molecule has 0 spiro atoms. The van der Waals surface area contributed by atoms with Gasteiger partial charge in [0.15, 0.2) is 0 Å². The molecule has 19 heavy (non-hydrogen) atoms. The van der Waals surface area contributed by atoms with E-state index in [1.807, 2.05) is 6.07 Å². The number of hydrogen-bond acceptors (Lipinski definition) is 3. The number of benzene rings is 1. The molecule has 3 nitrogen and oxygen atoms in total. The molecule has 0 radical (unpaired) electrons. The van der Waals surface area contributed by atoms with Crippen molar-refractivity contribution >= 4 is 0 Å². The van der Waals surface area contributed by atoms with Crippen LogP contribution in [0.5, 0.6) is 11.5 Å². The first-order valence-electron chi connectivity index (χ1n) is 7.37. The summed E-state index contributed by atoms with van der Waals surface area (Å²) in [4.78, 5) is 2.57. The van der Waals surface area contributed by atoms with Gasteiger partial charge in [-0.1, -0.05) is 13.8 Å². The third kappa shape index (κ3) is 2.10. The lowest BCUT2D eigenvalue weighted by Crippen LogP contribution is -2.30. The van der Waals surface area contributed by atoms with Crippen molar-refractivity contribution in [3.8, 4) is 11.5 Å². The van der Waals surface area contributed by atoms with Gasteiger partial charge in [0, 0.05) is 18.2 Å². The lowest BCUT2D eigenvalue weighted by atomic mass is 9.82. The third-order valence-electron chi connectivity index (χ3n) is 5.16. The molecule has 0 aromatic heterocycles. The van der Waals surface area contributed by atoms with E-state index in [0.717, 1.165) is 18.9 Å². The number of rotatable bonds is 3. The van der Waals surface area contributed by atoms with E-state index >= 15 is 0 Å². The average molecular weight is 261 g/mol. The van der Waals surface area contributed by atoms with E-state index < -0.39 is 0 Å². The van der Waals surface area contributed by atoms with Crippen LogP contribution < -0.4 is 4.74 Å². The van der Waals surface area contributed by atoms with Crippen molar-refractivity contribution in [2.45, 2.75) is 39.2 Å². The SMILES string of the molecule is CCC1(CC)CCN(C2COc3cc(O)ccc32)C1. The Balaban J connectivity index is 1.80. The molecule has 2 aliphatic rings. The topological polar surface area (TPSA) is 32.7 Å². The molecule has 3 rings (SSSR count). The maximum absolute atomic E-state index is 9.51. The Bertz CT molecular complexity index is 468. The van der Waals surface area contributed by atoms with Gasteiger partial charge in [-0.25, -0.2) is 0 Å². The van der Waals surface area contributed by atoms with Crippen LogP contribution in [0.25, 0.3) is 0 Å². The molecular formula is C16H23NO2. The van der Waals surface area contributed by atoms with Gasteiger partial charge in [-0.3, -0.25) is 4.90 Å². The summed E-state index contributed by atoms with van der Waals surface area (Å²) < 4.78 is 5.74. The van der Waals surface area contributed by atoms with Gasteiger partial charge in [-0.05, 0) is 43.4 Å². The van der Waals surface area contributed by atoms with Crippen molar-refractivity contribution in [1.82, 2.24) is 4.90 Å². The molecule has 1 aromatic carbocycles. The molecule has 1 atom stereocenters. The molecule has 1 saturated heterocycles. The minimum absolute atomic E-state index is 0.289. The normalized spacial score (nSPS) is 25.3. The van der Waals surface area contributed by atoms with Gasteiger partial charge >= 0.3 is 0 Å². The number of phenolic OH excluding ortho intramolecular Hbond substituents is 1. The first kappa shape index (κ1) is 12.8. The van der Waals surface area contributed by atoms with Gasteiger partial charge in [0.25, 0.3) is 0 Å². The van der Waals surface area contributed by atoms with Crippen molar-refractivity contribution in [2.24, 2.45) is 5.41 Å². The van der Waals surface area contributed by atoms with E-state index in [0.29, 0.717) is 11.5 Å². The quantitative estimate of drug-likeness (QED) is 0.905. The Kier molecular flexibility index (Phi) is 3.17. The fourth-order valence-electron chi connectivity index (χ4n) is 3.55. The molecule has 2 aliphatic heterocycles. The summed E-state index contributed by atoms with van der Waals surface area (Å²) in [5.74, 6) is 1.15. The summed E-state index contributed by atoms with van der Waals surface area (Å²) >= 11 is 0. The highest BCUT2D eigenvalue weighted by Gasteiger charge is 2.40. The van der Waals surface area contributed by atoms with Crippen LogP contribution >= 0.6 is 0 Å². The van der Waals surface area contributed by atoms with Crippen LogP contribution in [0.15, 0.2) is 18.2 Å². The molecule has 1 fully saturated rings. The molecule has 0 saturated carbocycles. The molecule has 1 N–H and O–H groups in total. The van der Waals surface area contributed by atoms with Crippen LogP contribution in [0.1, 0.15) is 44.7 Å². The standard InChI is InChI=1S/C16H23NO2/c1-3-16(4-2)7-8-17(11-16)14-10-19-15-9-12(18)5-6-13(14)15/h5-6,9,14,18H,3-4,7-8,10-11H2,1-2H3. The van der Waals surface area contributed by atoms with Crippen LogP contribution in [0.2, 0.25) is 0 Å². The maximum atomic E-state index is 9.51. The Morgan fingerprint density at radius 2 is 2.16 bits per heavy atom. The summed E-state index contributed by atoms with van der Waals surface area (Å²) in [5, 5.41) is 9.51. The van der Waals surface area contributed by atoms with Crippen molar-refractivity contribution in [3.63, 3.8) is 0 Å². The third-order valence-corrected chi connectivity index (χ3v) is 5.16. The second-order valence-electron chi connectivity index (χ2n) is 5.98. The minimum atomic E-state index is 0.289. The molecular weight excluding hydrogens is 238 g/mol. The summed E-state index contributed by atoms with van der Waals surface area (Å²) in [5.41, 5.74) is 1.74. The highest BCUT2D eigenvalue weighted by Crippen LogP contribution is 2.44. The lowest BCUT2D eigenvalue weighted by Gasteiger charge is -2.28. The predicted octanol–water partition coefficient (Wildman–Crippen LogP) is 3.34. The smallest absolute Gasteiger partial charge is 0.127 e. The van der Waals surface area contributed by atoms with Crippen LogP contribution in [0.3, 0.4) is 0 Å². The maximum Gasteiger partial charge on any atom is 0.127 e. The van der Waals surface area contributed by atoms with E-state index in [1.165, 1.54) is 31.4 Å². The predicted molar refractivity (Wildman–Crippen MR) is 75.5 cm³/mol. The number of ether oxygens (including phenoxy) is 1. The molecule has 1 aromatic rings. The van der Waals surface area contributed by atoms with E-state index in [4.69, 9.17) is 4.74 Å². The molecule has 3 heteroatoms. The van der Waals surface area contributed by atoms with E-state index in [-0.39, 0.29) is 5.75 Å². The van der Waals surface area contributed by atoms with E-state index in [9.17, 15) is 5.11 Å². The lowest BCUT2D eigenvalue weighted by molar-refractivity contribution is 0.166. The Labute approximate surface area is 115 Å². The number of aromatic hydroxyl groups is 1. The van der Waals surface area contributed by atoms with Crippen LogP contribution in [0.4, 0.5) is 0 Å². The number of likely N-dealkylation sites (tertiary alicyclic amines) is 1. The Morgan fingerprint density at radius 1 is 1.37 bits per heavy atom. The van der Waals surface area contributed by atoms with Gasteiger partial charge in [-0.2, -0.15) is 0 Å². The van der Waals surface area contributed by atoms with Crippen molar-refractivity contribution < 1.29 is 9.84 Å². The Hall–Kier alpha value is -1.22. The first-order valence-corrected chi connectivity index (χ1v) is 7.37. The van der Waals surface area contributed by atoms with Crippen molar-refractivity contribution in [2.75, 3.05) is 19.7 Å². The largest absolute Gasteiger partial charge is 0.508 e. The summed E-state index contributed by atoms with van der Waals surface area (Å²) in [6.07, 6.45) is 3.82. The number of phenols is 1. The van der Waals surface area contributed by atoms with E-state index in [2.05, 4.69) is 18.7 Å². The number of fused-ring (bicyclic) bond motifs is 1. The molecule has 2 heterocycles. The number of hydrogen-bond donors (Lipinski definition) is 1. The van der Waals surface area contributed by atoms with Gasteiger partial charge in [0.1, 0.15) is 18.1 Å². The highest BCUT2D eigenvalue weighted by atomic mass is 16.5. The van der Waals surface area contributed by atoms with Gasteiger partial charge < -0.3 is 9.84 Å². The van der Waals surface area contributed by atoms with Crippen LogP contribution in [-0.2, 0) is 0 Å². The summed E-state index contributed by atoms with van der Waals surface area (Å²) in [6.45, 7) is 7.68. The Morgan fingerprint density at radius 3 is 2.84 bits per heavy atom. The first-order chi connectivity index (χ1) is 9.17. The summed E-state index contributed by atoms with van der Waals surface area (Å²) in [7, 11) is 0. The van der Waals surface area contributed by atoms with Gasteiger partial charge in [0.05, 0.1) is 6.04 Å². The summed E-state index contributed by atoms with van der Waals surface area (Å²) in [6, 6.07) is 5.89. The average Bonchev–Trinajstić information content (AvgIpc) is 3.02. The monoisotopic (exact) mass is 261 g/mol. The molecule has 0 bridgehead atoms. The van der Waals surface area contributed by atoms with Crippen molar-refractivity contribution in [1.29, 1.82) is 0 Å². The van der Waals surface area contributed by atoms with Gasteiger partial charge in [-0.15, -0.1) is 0 Å². The fraction of sp³-hybridized carbons (Fsp3) is 0.625. The zero-order valence-electron chi connectivity index (χ0n) is 11.9. The van der Waals surface area contributed by atoms with Crippen LogP contribution in [0, 0.1) is 5.41 Å². The fourth-order valence-corrected chi connectivity index (χ4v) is 3.55. The zero-order valence-corrected chi connectivity index (χ0v) is 11.9. The molecule has 0 aliphatic carbocycles. The number of nitrogens with zero attached hydrogens (tertiary/aromatic N) is 1. The van der Waals surface area contributed by atoms with E-state index in [1.54, 1.807) is 12.1 Å². The molecule has 0 amide bonds. The molecule has 104 valence electrons. The zero-order chi connectivity index (χ0) is 13.5. The second-order valence-corrected chi connectivity index (χ2v) is 5.98. The molecule has 1 unspecified atom stereocenters. The highest BCUT2D eigenvalue weighted by molar-refractivity contribution is 5.44.